The molecular formula is C16H32N2O. The lowest BCUT2D eigenvalue weighted by Crippen LogP contribution is -2.58. The molecule has 1 aliphatic heterocycles. The van der Waals surface area contributed by atoms with Crippen LogP contribution in [0.4, 0.5) is 0 Å². The first kappa shape index (κ1) is 15.3. The maximum Gasteiger partial charge on any atom is 0.0597 e. The first-order chi connectivity index (χ1) is 9.20. The Morgan fingerprint density at radius 1 is 1.32 bits per heavy atom. The maximum atomic E-state index is 6.01. The van der Waals surface area contributed by atoms with E-state index in [1.54, 1.807) is 0 Å². The first-order valence-corrected chi connectivity index (χ1v) is 8.29. The van der Waals surface area contributed by atoms with E-state index in [4.69, 9.17) is 4.74 Å². The Bertz CT molecular complexity index is 253. The number of nitrogens with one attached hydrogen (secondary N) is 1. The van der Waals surface area contributed by atoms with Gasteiger partial charge in [-0.3, -0.25) is 4.90 Å². The standard InChI is InChI=1S/C16H32N2O/c1-4-13(2)16-12-18(14(3)11-17-16)9-10-19-15-7-5-6-8-15/h13-17H,4-12H2,1-3H3. The van der Waals surface area contributed by atoms with E-state index in [0.717, 1.165) is 25.6 Å². The Balaban J connectivity index is 1.70. The molecule has 3 nitrogen and oxygen atoms in total. The van der Waals surface area contributed by atoms with Crippen LogP contribution in [-0.2, 0) is 4.74 Å². The molecule has 2 rings (SSSR count). The van der Waals surface area contributed by atoms with Crippen molar-refractivity contribution < 1.29 is 4.74 Å². The molecule has 0 aromatic heterocycles. The van der Waals surface area contributed by atoms with Crippen LogP contribution in [0, 0.1) is 5.92 Å². The second-order valence-electron chi connectivity index (χ2n) is 6.52. The highest BCUT2D eigenvalue weighted by molar-refractivity contribution is 4.86. The predicted octanol–water partition coefficient (Wildman–Crippen LogP) is 2.65. The van der Waals surface area contributed by atoms with E-state index in [0.29, 0.717) is 18.2 Å². The summed E-state index contributed by atoms with van der Waals surface area (Å²) in [6.45, 7) is 11.3. The number of rotatable bonds is 6. The van der Waals surface area contributed by atoms with Gasteiger partial charge in [-0.1, -0.05) is 33.1 Å². The zero-order chi connectivity index (χ0) is 13.7. The van der Waals surface area contributed by atoms with E-state index in [-0.39, 0.29) is 0 Å². The largest absolute Gasteiger partial charge is 0.377 e. The van der Waals surface area contributed by atoms with Crippen molar-refractivity contribution in [2.24, 2.45) is 5.92 Å². The van der Waals surface area contributed by atoms with Gasteiger partial charge in [-0.05, 0) is 25.7 Å². The number of hydrogen-bond donors (Lipinski definition) is 1. The van der Waals surface area contributed by atoms with Crippen LogP contribution in [0.5, 0.6) is 0 Å². The van der Waals surface area contributed by atoms with Crippen LogP contribution in [0.2, 0.25) is 0 Å². The van der Waals surface area contributed by atoms with Crippen LogP contribution >= 0.6 is 0 Å². The molecule has 19 heavy (non-hydrogen) atoms. The van der Waals surface area contributed by atoms with E-state index in [1.165, 1.54) is 38.6 Å². The van der Waals surface area contributed by atoms with Crippen LogP contribution in [0.25, 0.3) is 0 Å². The molecule has 112 valence electrons. The molecule has 1 saturated carbocycles. The quantitative estimate of drug-likeness (QED) is 0.801. The Morgan fingerprint density at radius 2 is 2.05 bits per heavy atom. The van der Waals surface area contributed by atoms with E-state index in [1.807, 2.05) is 0 Å². The average Bonchev–Trinajstić information content (AvgIpc) is 2.93. The Hall–Kier alpha value is -0.120. The second-order valence-corrected chi connectivity index (χ2v) is 6.52. The van der Waals surface area contributed by atoms with Gasteiger partial charge in [-0.15, -0.1) is 0 Å². The Labute approximate surface area is 119 Å². The van der Waals surface area contributed by atoms with Gasteiger partial charge in [-0.25, -0.2) is 0 Å². The van der Waals surface area contributed by atoms with Gasteiger partial charge in [0.2, 0.25) is 0 Å². The van der Waals surface area contributed by atoms with Crippen LogP contribution < -0.4 is 5.32 Å². The molecule has 0 aromatic rings. The second kappa shape index (κ2) is 7.61. The van der Waals surface area contributed by atoms with Gasteiger partial charge in [-0.2, -0.15) is 0 Å². The molecule has 0 spiro atoms. The lowest BCUT2D eigenvalue weighted by atomic mass is 9.96. The normalized spacial score (nSPS) is 31.7. The lowest BCUT2D eigenvalue weighted by molar-refractivity contribution is 0.0230. The average molecular weight is 268 g/mol. The highest BCUT2D eigenvalue weighted by Gasteiger charge is 2.27. The summed E-state index contributed by atoms with van der Waals surface area (Å²) in [5.74, 6) is 0.769. The van der Waals surface area contributed by atoms with E-state index in [2.05, 4.69) is 31.0 Å². The van der Waals surface area contributed by atoms with Gasteiger partial charge >= 0.3 is 0 Å². The summed E-state index contributed by atoms with van der Waals surface area (Å²) in [5, 5.41) is 3.70. The van der Waals surface area contributed by atoms with Crippen molar-refractivity contribution in [2.75, 3.05) is 26.2 Å². The summed E-state index contributed by atoms with van der Waals surface area (Å²) in [6, 6.07) is 1.31. The van der Waals surface area contributed by atoms with Crippen LogP contribution in [0.3, 0.4) is 0 Å². The van der Waals surface area contributed by atoms with Crippen molar-refractivity contribution in [3.8, 4) is 0 Å². The molecule has 3 unspecified atom stereocenters. The van der Waals surface area contributed by atoms with Gasteiger partial charge in [0.25, 0.3) is 0 Å². The summed E-state index contributed by atoms with van der Waals surface area (Å²) >= 11 is 0. The van der Waals surface area contributed by atoms with Crippen molar-refractivity contribution >= 4 is 0 Å². The zero-order valence-electron chi connectivity index (χ0n) is 13.0. The zero-order valence-corrected chi connectivity index (χ0v) is 13.0. The molecule has 0 amide bonds. The fourth-order valence-corrected chi connectivity index (χ4v) is 3.32. The van der Waals surface area contributed by atoms with Crippen molar-refractivity contribution in [3.63, 3.8) is 0 Å². The minimum absolute atomic E-state index is 0.559. The molecule has 2 fully saturated rings. The van der Waals surface area contributed by atoms with Gasteiger partial charge in [0.05, 0.1) is 12.7 Å². The fourth-order valence-electron chi connectivity index (χ4n) is 3.32. The maximum absolute atomic E-state index is 6.01. The number of ether oxygens (including phenoxy) is 1. The van der Waals surface area contributed by atoms with Crippen molar-refractivity contribution in [3.05, 3.63) is 0 Å². The molecule has 1 saturated heterocycles. The van der Waals surface area contributed by atoms with E-state index < -0.39 is 0 Å². The summed E-state index contributed by atoms with van der Waals surface area (Å²) in [4.78, 5) is 2.61. The predicted molar refractivity (Wildman–Crippen MR) is 80.5 cm³/mol. The topological polar surface area (TPSA) is 24.5 Å². The number of nitrogens with zero attached hydrogens (tertiary/aromatic N) is 1. The molecule has 3 heteroatoms. The van der Waals surface area contributed by atoms with Crippen LogP contribution in [0.1, 0.15) is 52.9 Å². The summed E-state index contributed by atoms with van der Waals surface area (Å²) in [5.41, 5.74) is 0. The highest BCUT2D eigenvalue weighted by Crippen LogP contribution is 2.21. The van der Waals surface area contributed by atoms with Crippen molar-refractivity contribution in [1.82, 2.24) is 10.2 Å². The van der Waals surface area contributed by atoms with Crippen molar-refractivity contribution in [1.29, 1.82) is 0 Å². The molecule has 0 bridgehead atoms. The van der Waals surface area contributed by atoms with Gasteiger partial charge in [0.1, 0.15) is 0 Å². The fraction of sp³-hybridized carbons (Fsp3) is 1.00. The number of hydrogen-bond acceptors (Lipinski definition) is 3. The van der Waals surface area contributed by atoms with Crippen LogP contribution in [0.15, 0.2) is 0 Å². The Kier molecular flexibility index (Phi) is 6.11. The van der Waals surface area contributed by atoms with Gasteiger partial charge in [0.15, 0.2) is 0 Å². The summed E-state index contributed by atoms with van der Waals surface area (Å²) < 4.78 is 6.01. The summed E-state index contributed by atoms with van der Waals surface area (Å²) in [6.07, 6.45) is 7.12. The Morgan fingerprint density at radius 3 is 2.74 bits per heavy atom. The van der Waals surface area contributed by atoms with Gasteiger partial charge in [0, 0.05) is 31.7 Å². The molecular weight excluding hydrogens is 236 g/mol. The minimum atomic E-state index is 0.559. The monoisotopic (exact) mass is 268 g/mol. The van der Waals surface area contributed by atoms with Crippen LogP contribution in [-0.4, -0.2) is 49.3 Å². The molecule has 3 atom stereocenters. The SMILES string of the molecule is CCC(C)C1CN(CCOC2CCCC2)C(C)CN1. The van der Waals surface area contributed by atoms with E-state index >= 15 is 0 Å². The van der Waals surface area contributed by atoms with Crippen molar-refractivity contribution in [2.45, 2.75) is 71.1 Å². The third-order valence-electron chi connectivity index (χ3n) is 5.10. The van der Waals surface area contributed by atoms with E-state index in [9.17, 15) is 0 Å². The number of piperazine rings is 1. The molecule has 2 aliphatic rings. The smallest absolute Gasteiger partial charge is 0.0597 e. The third-order valence-corrected chi connectivity index (χ3v) is 5.10. The van der Waals surface area contributed by atoms with Gasteiger partial charge < -0.3 is 10.1 Å². The summed E-state index contributed by atoms with van der Waals surface area (Å²) in [7, 11) is 0. The minimum Gasteiger partial charge on any atom is -0.377 e. The molecule has 0 aromatic carbocycles. The highest BCUT2D eigenvalue weighted by atomic mass is 16.5. The molecule has 0 radical (unpaired) electrons. The molecule has 1 heterocycles. The molecule has 1 N–H and O–H groups in total. The third kappa shape index (κ3) is 4.44. The first-order valence-electron chi connectivity index (χ1n) is 8.29. The molecule has 1 aliphatic carbocycles. The lowest BCUT2D eigenvalue weighted by Gasteiger charge is -2.41.